The molecule has 1 aromatic rings. The topological polar surface area (TPSA) is 12.0 Å². The monoisotopic (exact) mass is 247 g/mol. The number of hydrogen-bond acceptors (Lipinski definition) is 2. The molecule has 12 heavy (non-hydrogen) atoms. The van der Waals surface area contributed by atoms with E-state index < -0.39 is 0 Å². The third-order valence-corrected chi connectivity index (χ3v) is 2.51. The summed E-state index contributed by atoms with van der Waals surface area (Å²) in [6.07, 6.45) is 0. The number of hydrogen-bond donors (Lipinski definition) is 1. The molecule has 0 aliphatic rings. The van der Waals surface area contributed by atoms with Gasteiger partial charge in [0.2, 0.25) is 0 Å². The molecule has 0 saturated carbocycles. The summed E-state index contributed by atoms with van der Waals surface area (Å²) in [5.41, 5.74) is 0. The summed E-state index contributed by atoms with van der Waals surface area (Å²) >= 11 is 6.55. The standard InChI is InChI=1S/C8H9NS2.Zn/c1-9-8(10)11-7-5-3-2-4-6-7;/h2-6H,1H3,(H,9,10);. The van der Waals surface area contributed by atoms with Gasteiger partial charge in [-0.25, -0.2) is 0 Å². The predicted molar refractivity (Wildman–Crippen MR) is 54.0 cm³/mol. The fraction of sp³-hybridized carbons (Fsp3) is 0.125. The quantitative estimate of drug-likeness (QED) is 0.465. The van der Waals surface area contributed by atoms with E-state index in [1.54, 1.807) is 11.8 Å². The second-order valence-corrected chi connectivity index (χ2v) is 3.70. The normalized spacial score (nSPS) is 8.42. The minimum Gasteiger partial charge on any atom is -0.374 e. The van der Waals surface area contributed by atoms with E-state index in [1.807, 2.05) is 37.4 Å². The minimum atomic E-state index is 0. The summed E-state index contributed by atoms with van der Waals surface area (Å²) < 4.78 is 0.802. The van der Waals surface area contributed by atoms with Crippen LogP contribution in [0, 0.1) is 0 Å². The third-order valence-electron chi connectivity index (χ3n) is 1.16. The van der Waals surface area contributed by atoms with Crippen LogP contribution in [0.15, 0.2) is 35.2 Å². The fourth-order valence-corrected chi connectivity index (χ4v) is 1.54. The summed E-state index contributed by atoms with van der Waals surface area (Å²) in [6.45, 7) is 0. The van der Waals surface area contributed by atoms with Gasteiger partial charge >= 0.3 is 0 Å². The van der Waals surface area contributed by atoms with E-state index in [0.29, 0.717) is 0 Å². The first kappa shape index (κ1) is 12.1. The molecular formula is C8H9NS2Zn. The Morgan fingerprint density at radius 3 is 2.42 bits per heavy atom. The van der Waals surface area contributed by atoms with Gasteiger partial charge in [-0.1, -0.05) is 42.2 Å². The van der Waals surface area contributed by atoms with Gasteiger partial charge < -0.3 is 5.32 Å². The zero-order valence-corrected chi connectivity index (χ0v) is 11.5. The second kappa shape index (κ2) is 6.58. The average molecular weight is 249 g/mol. The van der Waals surface area contributed by atoms with E-state index >= 15 is 0 Å². The smallest absolute Gasteiger partial charge is 0.138 e. The van der Waals surface area contributed by atoms with E-state index in [-0.39, 0.29) is 19.5 Å². The van der Waals surface area contributed by atoms with Crippen LogP contribution in [0.3, 0.4) is 0 Å². The molecular weight excluding hydrogens is 240 g/mol. The van der Waals surface area contributed by atoms with Crippen molar-refractivity contribution < 1.29 is 19.5 Å². The van der Waals surface area contributed by atoms with Gasteiger partial charge in [-0.2, -0.15) is 0 Å². The van der Waals surface area contributed by atoms with Gasteiger partial charge in [0.1, 0.15) is 4.32 Å². The largest absolute Gasteiger partial charge is 0.374 e. The molecule has 1 rings (SSSR count). The van der Waals surface area contributed by atoms with Gasteiger partial charge in [0.05, 0.1) is 0 Å². The van der Waals surface area contributed by atoms with Crippen molar-refractivity contribution in [2.75, 3.05) is 7.05 Å². The Labute approximate surface area is 95.1 Å². The molecule has 1 aromatic carbocycles. The van der Waals surface area contributed by atoms with Crippen LogP contribution in [-0.4, -0.2) is 11.4 Å². The molecule has 0 aliphatic carbocycles. The second-order valence-electron chi connectivity index (χ2n) is 1.95. The van der Waals surface area contributed by atoms with Crippen LogP contribution in [0.4, 0.5) is 0 Å². The van der Waals surface area contributed by atoms with Crippen molar-refractivity contribution in [1.82, 2.24) is 5.32 Å². The van der Waals surface area contributed by atoms with Gasteiger partial charge in [0.25, 0.3) is 0 Å². The molecule has 0 radical (unpaired) electrons. The molecule has 4 heteroatoms. The Bertz CT molecular complexity index is 238. The Kier molecular flexibility index (Phi) is 6.63. The van der Waals surface area contributed by atoms with Gasteiger partial charge in [-0.15, -0.1) is 0 Å². The first-order chi connectivity index (χ1) is 5.33. The Morgan fingerprint density at radius 2 is 1.92 bits per heavy atom. The van der Waals surface area contributed by atoms with Gasteiger partial charge in [-0.05, 0) is 12.1 Å². The van der Waals surface area contributed by atoms with E-state index in [9.17, 15) is 0 Å². The van der Waals surface area contributed by atoms with Crippen molar-refractivity contribution in [3.8, 4) is 0 Å². The zero-order valence-electron chi connectivity index (χ0n) is 6.91. The van der Waals surface area contributed by atoms with Crippen LogP contribution < -0.4 is 5.32 Å². The minimum absolute atomic E-state index is 0. The van der Waals surface area contributed by atoms with Gasteiger partial charge in [-0.3, -0.25) is 0 Å². The van der Waals surface area contributed by atoms with Crippen LogP contribution in [0.25, 0.3) is 0 Å². The molecule has 1 N–H and O–H groups in total. The fourth-order valence-electron chi connectivity index (χ4n) is 0.647. The van der Waals surface area contributed by atoms with Crippen LogP contribution in [0.5, 0.6) is 0 Å². The van der Waals surface area contributed by atoms with E-state index in [1.165, 1.54) is 4.90 Å². The molecule has 0 amide bonds. The molecule has 0 saturated heterocycles. The van der Waals surface area contributed by atoms with E-state index in [0.717, 1.165) is 4.32 Å². The number of rotatable bonds is 1. The molecule has 0 bridgehead atoms. The van der Waals surface area contributed by atoms with E-state index in [4.69, 9.17) is 12.2 Å². The Balaban J connectivity index is 0.00000121. The maximum atomic E-state index is 4.99. The third kappa shape index (κ3) is 4.19. The van der Waals surface area contributed by atoms with Gasteiger partial charge in [0.15, 0.2) is 0 Å². The number of thioether (sulfide) groups is 1. The van der Waals surface area contributed by atoms with E-state index in [2.05, 4.69) is 5.32 Å². The van der Waals surface area contributed by atoms with Crippen LogP contribution in [0.1, 0.15) is 0 Å². The summed E-state index contributed by atoms with van der Waals surface area (Å²) in [5, 5.41) is 2.91. The zero-order chi connectivity index (χ0) is 8.10. The van der Waals surface area contributed by atoms with Gasteiger partial charge in [0, 0.05) is 31.4 Å². The summed E-state index contributed by atoms with van der Waals surface area (Å²) in [7, 11) is 1.83. The molecule has 0 spiro atoms. The van der Waals surface area contributed by atoms with Crippen LogP contribution in [-0.2, 0) is 19.5 Å². The van der Waals surface area contributed by atoms with Crippen molar-refractivity contribution in [3.63, 3.8) is 0 Å². The SMILES string of the molecule is CNC(=S)Sc1ccccc1.[Zn]. The Hall–Kier alpha value is 0.0834. The molecule has 0 atom stereocenters. The van der Waals surface area contributed by atoms with Crippen LogP contribution in [0.2, 0.25) is 0 Å². The first-order valence-corrected chi connectivity index (χ1v) is 4.50. The summed E-state index contributed by atoms with van der Waals surface area (Å²) in [6, 6.07) is 10.1. The summed E-state index contributed by atoms with van der Waals surface area (Å²) in [4.78, 5) is 1.17. The molecule has 60 valence electrons. The molecule has 0 fully saturated rings. The maximum absolute atomic E-state index is 4.99. The molecule has 1 nitrogen and oxygen atoms in total. The van der Waals surface area contributed by atoms with Crippen LogP contribution >= 0.6 is 24.0 Å². The number of nitrogens with one attached hydrogen (secondary N) is 1. The molecule has 0 heterocycles. The first-order valence-electron chi connectivity index (χ1n) is 3.27. The van der Waals surface area contributed by atoms with Crippen molar-refractivity contribution in [3.05, 3.63) is 30.3 Å². The molecule has 0 unspecified atom stereocenters. The van der Waals surface area contributed by atoms with Crippen molar-refractivity contribution in [1.29, 1.82) is 0 Å². The maximum Gasteiger partial charge on any atom is 0.138 e. The van der Waals surface area contributed by atoms with Crippen molar-refractivity contribution in [2.45, 2.75) is 4.90 Å². The summed E-state index contributed by atoms with van der Waals surface area (Å²) in [5.74, 6) is 0. The van der Waals surface area contributed by atoms with Crippen molar-refractivity contribution >= 4 is 28.3 Å². The number of benzene rings is 1. The molecule has 0 aromatic heterocycles. The predicted octanol–water partition coefficient (Wildman–Crippen LogP) is 2.28. The molecule has 0 aliphatic heterocycles. The Morgan fingerprint density at radius 1 is 1.33 bits per heavy atom. The van der Waals surface area contributed by atoms with Crippen molar-refractivity contribution in [2.24, 2.45) is 0 Å². The number of thiocarbonyl (C=S) groups is 1. The average Bonchev–Trinajstić information content (AvgIpc) is 2.06.